The minimum atomic E-state index is -0.222. The highest BCUT2D eigenvalue weighted by molar-refractivity contribution is 5.80. The molecule has 74 valence electrons. The van der Waals surface area contributed by atoms with Gasteiger partial charge in [0.25, 0.3) is 0 Å². The second-order valence-corrected chi connectivity index (χ2v) is 4.00. The zero-order valence-electron chi connectivity index (χ0n) is 7.83. The predicted molar refractivity (Wildman–Crippen MR) is 49.7 cm³/mol. The number of carbonyl (C=O) groups excluding carboxylic acids is 1. The molecule has 1 saturated carbocycles. The van der Waals surface area contributed by atoms with Crippen LogP contribution in [0, 0.1) is 0 Å². The fraction of sp³-hybridized carbons (Fsp3) is 0.889. The molecule has 1 saturated heterocycles. The molecule has 3 N–H and O–H groups in total. The minimum Gasteiger partial charge on any atom is -0.368 e. The fourth-order valence-electron chi connectivity index (χ4n) is 2.31. The van der Waals surface area contributed by atoms with Crippen LogP contribution >= 0.6 is 0 Å². The van der Waals surface area contributed by atoms with Crippen molar-refractivity contribution < 1.29 is 4.79 Å². The van der Waals surface area contributed by atoms with Crippen LogP contribution in [0.3, 0.4) is 0 Å². The molecule has 2 aliphatic rings. The van der Waals surface area contributed by atoms with Gasteiger partial charge in [0.2, 0.25) is 5.91 Å². The van der Waals surface area contributed by atoms with Crippen LogP contribution in [0.5, 0.6) is 0 Å². The van der Waals surface area contributed by atoms with Crippen molar-refractivity contribution in [1.82, 2.24) is 10.4 Å². The van der Waals surface area contributed by atoms with Gasteiger partial charge in [-0.1, -0.05) is 12.8 Å². The van der Waals surface area contributed by atoms with Gasteiger partial charge in [0.05, 0.1) is 0 Å². The summed E-state index contributed by atoms with van der Waals surface area (Å²) in [5, 5.41) is 2.21. The average molecular weight is 183 g/mol. The van der Waals surface area contributed by atoms with Crippen LogP contribution in [0.1, 0.15) is 32.1 Å². The van der Waals surface area contributed by atoms with Crippen molar-refractivity contribution >= 4 is 5.91 Å². The average Bonchev–Trinajstić information content (AvgIpc) is 2.75. The van der Waals surface area contributed by atoms with Gasteiger partial charge in [-0.15, -0.1) is 0 Å². The summed E-state index contributed by atoms with van der Waals surface area (Å²) in [6, 6.07) is 0.518. The van der Waals surface area contributed by atoms with Crippen LogP contribution in [0.15, 0.2) is 0 Å². The molecule has 0 spiro atoms. The van der Waals surface area contributed by atoms with Crippen molar-refractivity contribution in [2.45, 2.75) is 44.2 Å². The van der Waals surface area contributed by atoms with E-state index in [1.54, 1.807) is 0 Å². The first-order valence-electron chi connectivity index (χ1n) is 5.09. The number of carbonyl (C=O) groups is 1. The smallest absolute Gasteiger partial charge is 0.235 e. The van der Waals surface area contributed by atoms with Crippen molar-refractivity contribution in [2.75, 3.05) is 6.54 Å². The molecule has 1 aliphatic carbocycles. The molecule has 1 heterocycles. The molecule has 0 aromatic rings. The Labute approximate surface area is 78.4 Å². The lowest BCUT2D eigenvalue weighted by molar-refractivity contribution is -0.120. The van der Waals surface area contributed by atoms with Gasteiger partial charge in [0.15, 0.2) is 0 Å². The topological polar surface area (TPSA) is 58.4 Å². The van der Waals surface area contributed by atoms with E-state index in [-0.39, 0.29) is 11.9 Å². The summed E-state index contributed by atoms with van der Waals surface area (Å²) in [5.74, 6) is -0.222. The van der Waals surface area contributed by atoms with E-state index >= 15 is 0 Å². The Bertz CT molecular complexity index is 201. The maximum absolute atomic E-state index is 10.9. The highest BCUT2D eigenvalue weighted by Crippen LogP contribution is 2.24. The van der Waals surface area contributed by atoms with Crippen molar-refractivity contribution in [3.8, 4) is 0 Å². The Kier molecular flexibility index (Phi) is 2.51. The molecule has 4 nitrogen and oxygen atoms in total. The standard InChI is InChI=1S/C9H17N3O/c10-9(13)8-5-6-12(11-8)7-3-1-2-4-7/h7-8,11H,1-6H2,(H2,10,13). The molecule has 0 aromatic heterocycles. The van der Waals surface area contributed by atoms with Gasteiger partial charge in [-0.25, -0.2) is 10.4 Å². The number of primary amides is 1. The van der Waals surface area contributed by atoms with Crippen molar-refractivity contribution in [2.24, 2.45) is 5.73 Å². The third-order valence-corrected chi connectivity index (χ3v) is 3.09. The van der Waals surface area contributed by atoms with Gasteiger partial charge in [-0.3, -0.25) is 4.79 Å². The molecule has 0 bridgehead atoms. The highest BCUT2D eigenvalue weighted by atomic mass is 16.1. The molecule has 1 aliphatic heterocycles. The summed E-state index contributed by atoms with van der Waals surface area (Å²) >= 11 is 0. The van der Waals surface area contributed by atoms with Crippen LogP contribution in [0.4, 0.5) is 0 Å². The molecule has 2 rings (SSSR count). The lowest BCUT2D eigenvalue weighted by atomic mass is 10.2. The van der Waals surface area contributed by atoms with Gasteiger partial charge in [0.1, 0.15) is 6.04 Å². The molecule has 1 atom stereocenters. The number of nitrogens with one attached hydrogen (secondary N) is 1. The fourth-order valence-corrected chi connectivity index (χ4v) is 2.31. The van der Waals surface area contributed by atoms with Crippen molar-refractivity contribution in [3.63, 3.8) is 0 Å². The Hall–Kier alpha value is -0.610. The van der Waals surface area contributed by atoms with Gasteiger partial charge in [0, 0.05) is 12.6 Å². The summed E-state index contributed by atoms with van der Waals surface area (Å²) in [4.78, 5) is 10.9. The van der Waals surface area contributed by atoms with Gasteiger partial charge in [-0.2, -0.15) is 0 Å². The van der Waals surface area contributed by atoms with E-state index in [2.05, 4.69) is 10.4 Å². The number of hydrazine groups is 1. The van der Waals surface area contributed by atoms with E-state index in [1.807, 2.05) is 0 Å². The zero-order chi connectivity index (χ0) is 9.26. The van der Waals surface area contributed by atoms with Gasteiger partial charge < -0.3 is 5.73 Å². The first-order valence-corrected chi connectivity index (χ1v) is 5.09. The maximum atomic E-state index is 10.9. The third-order valence-electron chi connectivity index (χ3n) is 3.09. The number of nitrogens with zero attached hydrogens (tertiary/aromatic N) is 1. The second kappa shape index (κ2) is 3.64. The molecule has 2 fully saturated rings. The molecule has 1 amide bonds. The van der Waals surface area contributed by atoms with Gasteiger partial charge in [-0.05, 0) is 19.3 Å². The van der Waals surface area contributed by atoms with Crippen LogP contribution in [0.25, 0.3) is 0 Å². The van der Waals surface area contributed by atoms with E-state index in [9.17, 15) is 4.79 Å². The number of hydrogen-bond donors (Lipinski definition) is 2. The summed E-state index contributed by atoms with van der Waals surface area (Å²) in [6.45, 7) is 0.971. The molecule has 1 unspecified atom stereocenters. The lowest BCUT2D eigenvalue weighted by Crippen LogP contribution is -2.46. The van der Waals surface area contributed by atoms with E-state index in [0.29, 0.717) is 6.04 Å². The largest absolute Gasteiger partial charge is 0.368 e. The predicted octanol–water partition coefficient (Wildman–Crippen LogP) is -0.00680. The number of nitrogens with two attached hydrogens (primary N) is 1. The van der Waals surface area contributed by atoms with Gasteiger partial charge >= 0.3 is 0 Å². The lowest BCUT2D eigenvalue weighted by Gasteiger charge is -2.23. The second-order valence-electron chi connectivity index (χ2n) is 4.00. The Morgan fingerprint density at radius 3 is 2.54 bits per heavy atom. The summed E-state index contributed by atoms with van der Waals surface area (Å²) in [7, 11) is 0. The van der Waals surface area contributed by atoms with Crippen LogP contribution < -0.4 is 11.2 Å². The Morgan fingerprint density at radius 2 is 2.00 bits per heavy atom. The minimum absolute atomic E-state index is 0.124. The molecule has 0 radical (unpaired) electrons. The van der Waals surface area contributed by atoms with Crippen molar-refractivity contribution in [3.05, 3.63) is 0 Å². The maximum Gasteiger partial charge on any atom is 0.235 e. The van der Waals surface area contributed by atoms with Crippen molar-refractivity contribution in [1.29, 1.82) is 0 Å². The van der Waals surface area contributed by atoms with E-state index in [4.69, 9.17) is 5.73 Å². The highest BCUT2D eigenvalue weighted by Gasteiger charge is 2.31. The molecule has 4 heteroatoms. The first-order chi connectivity index (χ1) is 6.27. The summed E-state index contributed by atoms with van der Waals surface area (Å²) in [6.07, 6.45) is 6.04. The van der Waals surface area contributed by atoms with E-state index in [1.165, 1.54) is 25.7 Å². The number of amides is 1. The summed E-state index contributed by atoms with van der Waals surface area (Å²) in [5.41, 5.74) is 8.42. The first kappa shape index (κ1) is 8.97. The molecule has 0 aromatic carbocycles. The zero-order valence-corrected chi connectivity index (χ0v) is 7.83. The summed E-state index contributed by atoms with van der Waals surface area (Å²) < 4.78 is 0. The number of rotatable bonds is 2. The third kappa shape index (κ3) is 1.84. The Balaban J connectivity index is 1.86. The number of hydrogen-bond acceptors (Lipinski definition) is 3. The quantitative estimate of drug-likeness (QED) is 0.633. The molecular weight excluding hydrogens is 166 g/mol. The van der Waals surface area contributed by atoms with Crippen LogP contribution in [0.2, 0.25) is 0 Å². The SMILES string of the molecule is NC(=O)C1CCN(C2CCCC2)N1. The Morgan fingerprint density at radius 1 is 1.31 bits per heavy atom. The molecule has 13 heavy (non-hydrogen) atoms. The van der Waals surface area contributed by atoms with E-state index in [0.717, 1.165) is 13.0 Å². The van der Waals surface area contributed by atoms with Crippen LogP contribution in [-0.2, 0) is 4.79 Å². The normalized spacial score (nSPS) is 31.2. The van der Waals surface area contributed by atoms with E-state index < -0.39 is 0 Å². The van der Waals surface area contributed by atoms with Crippen LogP contribution in [-0.4, -0.2) is 29.5 Å². The molecular formula is C9H17N3O. The monoisotopic (exact) mass is 183 g/mol.